The van der Waals surface area contributed by atoms with Crippen molar-refractivity contribution in [2.24, 2.45) is 5.92 Å². The van der Waals surface area contributed by atoms with Crippen LogP contribution in [0, 0.1) is 5.92 Å². The molecule has 1 atom stereocenters. The molecule has 2 fully saturated rings. The third kappa shape index (κ3) is 4.71. The number of benzene rings is 1. The van der Waals surface area contributed by atoms with Crippen LogP contribution in [0.2, 0.25) is 0 Å². The quantitative estimate of drug-likeness (QED) is 0.739. The second kappa shape index (κ2) is 8.59. The summed E-state index contributed by atoms with van der Waals surface area (Å²) < 4.78 is 27.0. The average Bonchev–Trinajstić information content (AvgIpc) is 3.03. The van der Waals surface area contributed by atoms with Crippen molar-refractivity contribution in [1.29, 1.82) is 0 Å². The fraction of sp³-hybridized carbons (Fsp3) is 0.579. The van der Waals surface area contributed by atoms with Crippen molar-refractivity contribution in [3.63, 3.8) is 0 Å². The number of amides is 2. The van der Waals surface area contributed by atoms with Crippen LogP contribution in [0.4, 0.5) is 0 Å². The molecule has 1 aromatic carbocycles. The summed E-state index contributed by atoms with van der Waals surface area (Å²) >= 11 is 0. The molecule has 28 heavy (non-hydrogen) atoms. The normalized spacial score (nSPS) is 22.0. The monoisotopic (exact) mass is 408 g/mol. The molecule has 2 aliphatic rings. The molecule has 0 spiro atoms. The van der Waals surface area contributed by atoms with Gasteiger partial charge in [-0.2, -0.15) is 17.0 Å². The van der Waals surface area contributed by atoms with Gasteiger partial charge in [0.15, 0.2) is 0 Å². The van der Waals surface area contributed by atoms with Crippen LogP contribution in [0.25, 0.3) is 0 Å². The summed E-state index contributed by atoms with van der Waals surface area (Å²) in [5.41, 5.74) is 1.05. The molecule has 2 amide bonds. The van der Waals surface area contributed by atoms with Crippen LogP contribution in [0.5, 0.6) is 0 Å². The minimum absolute atomic E-state index is 0.00380. The molecule has 9 heteroatoms. The van der Waals surface area contributed by atoms with Crippen molar-refractivity contribution in [2.75, 3.05) is 33.7 Å². The predicted molar refractivity (Wildman–Crippen MR) is 105 cm³/mol. The zero-order valence-electron chi connectivity index (χ0n) is 16.4. The number of nitrogens with zero attached hydrogens (tertiary/aromatic N) is 3. The molecular formula is C19H28N4O4S. The molecule has 1 N–H and O–H groups in total. The van der Waals surface area contributed by atoms with Crippen molar-refractivity contribution >= 4 is 22.0 Å². The molecule has 2 saturated heterocycles. The third-order valence-electron chi connectivity index (χ3n) is 5.39. The zero-order chi connectivity index (χ0) is 20.3. The maximum absolute atomic E-state index is 12.6. The standard InChI is InChI=1S/C19H28N4O4S/c1-21(2)28(26,27)23-10-8-17(9-11-23)20-19(25)16-12-18(24)22(14-16)13-15-6-4-3-5-7-15/h3-7,16-17H,8-14H2,1-2H3,(H,20,25). The Bertz CT molecular complexity index is 804. The highest BCUT2D eigenvalue weighted by atomic mass is 32.2. The Hall–Kier alpha value is -1.97. The first-order valence-corrected chi connectivity index (χ1v) is 11.0. The lowest BCUT2D eigenvalue weighted by molar-refractivity contribution is -0.129. The Morgan fingerprint density at radius 3 is 2.43 bits per heavy atom. The summed E-state index contributed by atoms with van der Waals surface area (Å²) in [6.45, 7) is 1.71. The lowest BCUT2D eigenvalue weighted by Crippen LogP contribution is -2.50. The van der Waals surface area contributed by atoms with Gasteiger partial charge in [0.2, 0.25) is 11.8 Å². The van der Waals surface area contributed by atoms with E-state index in [1.807, 2.05) is 30.3 Å². The first kappa shape index (κ1) is 20.8. The van der Waals surface area contributed by atoms with E-state index in [2.05, 4.69) is 5.32 Å². The van der Waals surface area contributed by atoms with Crippen molar-refractivity contribution < 1.29 is 18.0 Å². The van der Waals surface area contributed by atoms with Crippen molar-refractivity contribution in [3.05, 3.63) is 35.9 Å². The minimum Gasteiger partial charge on any atom is -0.353 e. The van der Waals surface area contributed by atoms with Crippen LogP contribution in [-0.4, -0.2) is 73.5 Å². The minimum atomic E-state index is -3.41. The average molecular weight is 409 g/mol. The lowest BCUT2D eigenvalue weighted by atomic mass is 10.0. The molecule has 3 rings (SSSR count). The van der Waals surface area contributed by atoms with Crippen LogP contribution in [0.3, 0.4) is 0 Å². The first-order chi connectivity index (χ1) is 13.3. The van der Waals surface area contributed by atoms with Crippen LogP contribution >= 0.6 is 0 Å². The Morgan fingerprint density at radius 1 is 1.18 bits per heavy atom. The van der Waals surface area contributed by atoms with E-state index in [1.54, 1.807) is 4.90 Å². The highest BCUT2D eigenvalue weighted by molar-refractivity contribution is 7.86. The molecule has 2 heterocycles. The smallest absolute Gasteiger partial charge is 0.281 e. The van der Waals surface area contributed by atoms with E-state index in [0.29, 0.717) is 39.0 Å². The van der Waals surface area contributed by atoms with Crippen molar-refractivity contribution in [2.45, 2.75) is 31.8 Å². The van der Waals surface area contributed by atoms with Gasteiger partial charge >= 0.3 is 0 Å². The van der Waals surface area contributed by atoms with Gasteiger partial charge in [0.05, 0.1) is 5.92 Å². The SMILES string of the molecule is CN(C)S(=O)(=O)N1CCC(NC(=O)C2CC(=O)N(Cc3ccccc3)C2)CC1. The number of likely N-dealkylation sites (tertiary alicyclic amines) is 1. The molecule has 0 bridgehead atoms. The Kier molecular flexibility index (Phi) is 6.36. The zero-order valence-corrected chi connectivity index (χ0v) is 17.2. The highest BCUT2D eigenvalue weighted by Gasteiger charge is 2.36. The van der Waals surface area contributed by atoms with Gasteiger partial charge in [-0.15, -0.1) is 0 Å². The van der Waals surface area contributed by atoms with Gasteiger partial charge in [-0.1, -0.05) is 30.3 Å². The maximum Gasteiger partial charge on any atom is 0.281 e. The maximum atomic E-state index is 12.6. The molecule has 154 valence electrons. The van der Waals surface area contributed by atoms with Crippen LogP contribution < -0.4 is 5.32 Å². The predicted octanol–water partition coefficient (Wildman–Crippen LogP) is 0.422. The fourth-order valence-corrected chi connectivity index (χ4v) is 4.82. The summed E-state index contributed by atoms with van der Waals surface area (Å²) in [5.74, 6) is -0.464. The fourth-order valence-electron chi connectivity index (χ4n) is 3.69. The van der Waals surface area contributed by atoms with Gasteiger partial charge in [0.1, 0.15) is 0 Å². The summed E-state index contributed by atoms with van der Waals surface area (Å²) in [7, 11) is -0.378. The summed E-state index contributed by atoms with van der Waals surface area (Å²) in [5, 5.41) is 3.01. The van der Waals surface area contributed by atoms with E-state index in [0.717, 1.165) is 5.56 Å². The number of rotatable bonds is 6. The van der Waals surface area contributed by atoms with Crippen molar-refractivity contribution in [1.82, 2.24) is 18.8 Å². The number of hydrogen-bond acceptors (Lipinski definition) is 4. The Balaban J connectivity index is 1.49. The van der Waals surface area contributed by atoms with Gasteiger partial charge in [0, 0.05) is 52.7 Å². The van der Waals surface area contributed by atoms with Gasteiger partial charge in [-0.3, -0.25) is 9.59 Å². The molecule has 2 aliphatic heterocycles. The molecule has 1 aromatic rings. The largest absolute Gasteiger partial charge is 0.353 e. The first-order valence-electron chi connectivity index (χ1n) is 9.57. The van der Waals surface area contributed by atoms with E-state index in [4.69, 9.17) is 0 Å². The number of carbonyl (C=O) groups excluding carboxylic acids is 2. The van der Waals surface area contributed by atoms with Gasteiger partial charge in [-0.05, 0) is 18.4 Å². The summed E-state index contributed by atoms with van der Waals surface area (Å²) in [6.07, 6.45) is 1.38. The van der Waals surface area contributed by atoms with Crippen LogP contribution in [-0.2, 0) is 26.3 Å². The van der Waals surface area contributed by atoms with E-state index in [1.165, 1.54) is 22.7 Å². The Labute approximate surface area is 166 Å². The lowest BCUT2D eigenvalue weighted by Gasteiger charge is -2.33. The van der Waals surface area contributed by atoms with Crippen molar-refractivity contribution in [3.8, 4) is 0 Å². The van der Waals surface area contributed by atoms with E-state index < -0.39 is 10.2 Å². The van der Waals surface area contributed by atoms with Gasteiger partial charge < -0.3 is 10.2 Å². The van der Waals surface area contributed by atoms with Crippen LogP contribution in [0.1, 0.15) is 24.8 Å². The number of nitrogens with one attached hydrogen (secondary N) is 1. The number of piperidine rings is 1. The highest BCUT2D eigenvalue weighted by Crippen LogP contribution is 2.22. The summed E-state index contributed by atoms with van der Waals surface area (Å²) in [6, 6.07) is 9.68. The number of carbonyl (C=O) groups is 2. The molecule has 0 aliphatic carbocycles. The molecule has 0 aromatic heterocycles. The van der Waals surface area contributed by atoms with Gasteiger partial charge in [-0.25, -0.2) is 0 Å². The molecule has 1 unspecified atom stereocenters. The van der Waals surface area contributed by atoms with E-state index >= 15 is 0 Å². The molecular weight excluding hydrogens is 380 g/mol. The Morgan fingerprint density at radius 2 is 1.82 bits per heavy atom. The molecule has 0 radical (unpaired) electrons. The third-order valence-corrected chi connectivity index (χ3v) is 7.33. The summed E-state index contributed by atoms with van der Waals surface area (Å²) in [4.78, 5) is 26.6. The second-order valence-electron chi connectivity index (χ2n) is 7.63. The van der Waals surface area contributed by atoms with E-state index in [-0.39, 0.29) is 30.2 Å². The second-order valence-corrected chi connectivity index (χ2v) is 9.78. The van der Waals surface area contributed by atoms with Gasteiger partial charge in [0.25, 0.3) is 10.2 Å². The number of hydrogen-bond donors (Lipinski definition) is 1. The molecule has 0 saturated carbocycles. The van der Waals surface area contributed by atoms with E-state index in [9.17, 15) is 18.0 Å². The molecule has 8 nitrogen and oxygen atoms in total. The topological polar surface area (TPSA) is 90.0 Å². The van der Waals surface area contributed by atoms with Crippen LogP contribution in [0.15, 0.2) is 30.3 Å².